The van der Waals surface area contributed by atoms with Crippen LogP contribution in [0, 0.1) is 0 Å². The first-order chi connectivity index (χ1) is 15.2. The predicted molar refractivity (Wildman–Crippen MR) is 125 cm³/mol. The summed E-state index contributed by atoms with van der Waals surface area (Å²) in [5, 5.41) is 1.94. The molecule has 3 aromatic carbocycles. The fourth-order valence-corrected chi connectivity index (χ4v) is 5.04. The average Bonchev–Trinajstić information content (AvgIpc) is 3.43. The van der Waals surface area contributed by atoms with Gasteiger partial charge in [0.2, 0.25) is 0 Å². The Morgan fingerprint density at radius 3 is 2.52 bits per heavy atom. The molecule has 1 unspecified atom stereocenters. The van der Waals surface area contributed by atoms with Gasteiger partial charge in [0.25, 0.3) is 0 Å². The van der Waals surface area contributed by atoms with Crippen molar-refractivity contribution in [2.24, 2.45) is 10.7 Å². The Bertz CT molecular complexity index is 1310. The standard InChI is InChI=1S/C26H20N2O2S/c1-30-20-11-9-18(10-12-20)26(23-8-3-2-7-22(23)25(27)28-26)19-6-4-5-17(15-19)21-13-14-31-24(21)16-29/h2-16H,1H3,(H2,27,28). The smallest absolute Gasteiger partial charge is 0.160 e. The number of rotatable bonds is 5. The van der Waals surface area contributed by atoms with Crippen LogP contribution in [-0.4, -0.2) is 19.2 Å². The number of thiophene rings is 1. The molecule has 0 spiro atoms. The maximum Gasteiger partial charge on any atom is 0.160 e. The van der Waals surface area contributed by atoms with Gasteiger partial charge in [-0.3, -0.25) is 4.79 Å². The van der Waals surface area contributed by atoms with Gasteiger partial charge in [0.15, 0.2) is 6.29 Å². The molecule has 1 aliphatic rings. The van der Waals surface area contributed by atoms with Crippen LogP contribution in [0.2, 0.25) is 0 Å². The first-order valence-corrected chi connectivity index (χ1v) is 10.8. The quantitative estimate of drug-likeness (QED) is 0.445. The molecule has 0 aliphatic carbocycles. The maximum absolute atomic E-state index is 11.5. The highest BCUT2D eigenvalue weighted by atomic mass is 32.1. The van der Waals surface area contributed by atoms with E-state index in [4.69, 9.17) is 15.5 Å². The second-order valence-corrected chi connectivity index (χ2v) is 8.33. The van der Waals surface area contributed by atoms with Crippen LogP contribution in [0.4, 0.5) is 0 Å². The van der Waals surface area contributed by atoms with Crippen LogP contribution >= 0.6 is 11.3 Å². The minimum atomic E-state index is -0.777. The summed E-state index contributed by atoms with van der Waals surface area (Å²) in [6, 6.07) is 26.2. The van der Waals surface area contributed by atoms with Crippen LogP contribution < -0.4 is 10.5 Å². The number of nitrogens with zero attached hydrogens (tertiary/aromatic N) is 1. The van der Waals surface area contributed by atoms with Crippen molar-refractivity contribution in [2.75, 3.05) is 7.11 Å². The van der Waals surface area contributed by atoms with Gasteiger partial charge < -0.3 is 10.5 Å². The minimum absolute atomic E-state index is 0.515. The van der Waals surface area contributed by atoms with Gasteiger partial charge in [-0.1, -0.05) is 54.6 Å². The molecule has 0 radical (unpaired) electrons. The number of hydrogen-bond donors (Lipinski definition) is 1. The molecule has 5 rings (SSSR count). The zero-order valence-corrected chi connectivity index (χ0v) is 17.7. The summed E-state index contributed by atoms with van der Waals surface area (Å²) in [5.41, 5.74) is 11.5. The van der Waals surface area contributed by atoms with Crippen molar-refractivity contribution < 1.29 is 9.53 Å². The molecular weight excluding hydrogens is 404 g/mol. The average molecular weight is 425 g/mol. The van der Waals surface area contributed by atoms with Crippen LogP contribution in [0.25, 0.3) is 11.1 Å². The van der Waals surface area contributed by atoms with Crippen LogP contribution in [0.3, 0.4) is 0 Å². The van der Waals surface area contributed by atoms with Gasteiger partial charge in [-0.15, -0.1) is 11.3 Å². The molecule has 0 saturated heterocycles. The molecule has 2 heterocycles. The second-order valence-electron chi connectivity index (χ2n) is 7.38. The van der Waals surface area contributed by atoms with Gasteiger partial charge in [-0.25, -0.2) is 4.99 Å². The van der Waals surface area contributed by atoms with Crippen molar-refractivity contribution in [1.82, 2.24) is 0 Å². The summed E-state index contributed by atoms with van der Waals surface area (Å²) in [6.07, 6.45) is 0.910. The number of carbonyl (C=O) groups excluding carboxylic acids is 1. The molecular formula is C26H20N2O2S. The number of fused-ring (bicyclic) bond motifs is 1. The van der Waals surface area contributed by atoms with Crippen molar-refractivity contribution >= 4 is 23.5 Å². The third-order valence-electron chi connectivity index (χ3n) is 5.78. The van der Waals surface area contributed by atoms with E-state index in [9.17, 15) is 4.79 Å². The lowest BCUT2D eigenvalue weighted by Crippen LogP contribution is -2.25. The van der Waals surface area contributed by atoms with E-state index < -0.39 is 5.54 Å². The molecule has 5 heteroatoms. The molecule has 31 heavy (non-hydrogen) atoms. The highest BCUT2D eigenvalue weighted by Crippen LogP contribution is 2.47. The fourth-order valence-electron chi connectivity index (χ4n) is 4.32. The predicted octanol–water partition coefficient (Wildman–Crippen LogP) is 5.25. The Balaban J connectivity index is 1.77. The lowest BCUT2D eigenvalue weighted by atomic mass is 9.77. The molecule has 0 fully saturated rings. The largest absolute Gasteiger partial charge is 0.497 e. The number of ether oxygens (including phenoxy) is 1. The summed E-state index contributed by atoms with van der Waals surface area (Å²) in [7, 11) is 1.65. The van der Waals surface area contributed by atoms with Gasteiger partial charge in [-0.2, -0.15) is 0 Å². The molecule has 1 aromatic heterocycles. The summed E-state index contributed by atoms with van der Waals surface area (Å²) in [6.45, 7) is 0. The normalized spacial score (nSPS) is 17.1. The van der Waals surface area contributed by atoms with Crippen LogP contribution in [0.5, 0.6) is 5.75 Å². The Labute approximate surface area is 184 Å². The maximum atomic E-state index is 11.5. The van der Waals surface area contributed by atoms with Crippen LogP contribution in [0.15, 0.2) is 89.2 Å². The third kappa shape index (κ3) is 2.97. The van der Waals surface area contributed by atoms with Crippen molar-refractivity contribution in [2.45, 2.75) is 5.54 Å². The van der Waals surface area contributed by atoms with Gasteiger partial charge >= 0.3 is 0 Å². The summed E-state index contributed by atoms with van der Waals surface area (Å²) in [4.78, 5) is 17.3. The Hall–Kier alpha value is -3.70. The monoisotopic (exact) mass is 424 g/mol. The number of carbonyl (C=O) groups is 1. The number of methoxy groups -OCH3 is 1. The summed E-state index contributed by atoms with van der Waals surface area (Å²) >= 11 is 1.44. The topological polar surface area (TPSA) is 64.7 Å². The Morgan fingerprint density at radius 1 is 0.935 bits per heavy atom. The minimum Gasteiger partial charge on any atom is -0.497 e. The molecule has 1 aliphatic heterocycles. The molecule has 0 bridgehead atoms. The molecule has 152 valence electrons. The van der Waals surface area contributed by atoms with E-state index in [0.717, 1.165) is 45.4 Å². The van der Waals surface area contributed by atoms with E-state index in [2.05, 4.69) is 18.2 Å². The fraction of sp³-hybridized carbons (Fsp3) is 0.0769. The van der Waals surface area contributed by atoms with Gasteiger partial charge in [0.1, 0.15) is 17.1 Å². The zero-order valence-electron chi connectivity index (χ0n) is 16.9. The van der Waals surface area contributed by atoms with E-state index in [1.165, 1.54) is 11.3 Å². The molecule has 0 amide bonds. The SMILES string of the molecule is COc1ccc(C2(c3cccc(-c4ccsc4C=O)c3)N=C(N)c3ccccc32)cc1. The number of aliphatic imine (C=N–C) groups is 1. The zero-order chi connectivity index (χ0) is 21.4. The van der Waals surface area contributed by atoms with E-state index >= 15 is 0 Å². The first kappa shape index (κ1) is 19.3. The van der Waals surface area contributed by atoms with Crippen LogP contribution in [0.1, 0.15) is 31.9 Å². The highest BCUT2D eigenvalue weighted by Gasteiger charge is 2.42. The third-order valence-corrected chi connectivity index (χ3v) is 6.62. The van der Waals surface area contributed by atoms with Crippen molar-refractivity contribution in [3.63, 3.8) is 0 Å². The second kappa shape index (κ2) is 7.52. The number of hydrogen-bond acceptors (Lipinski definition) is 5. The van der Waals surface area contributed by atoms with E-state index in [0.29, 0.717) is 10.7 Å². The van der Waals surface area contributed by atoms with Gasteiger partial charge in [0.05, 0.1) is 12.0 Å². The number of aldehydes is 1. The lowest BCUT2D eigenvalue weighted by Gasteiger charge is -2.29. The summed E-state index contributed by atoms with van der Waals surface area (Å²) < 4.78 is 5.36. The van der Waals surface area contributed by atoms with E-state index in [1.54, 1.807) is 7.11 Å². The number of nitrogens with two attached hydrogens (primary N) is 1. The molecule has 1 atom stereocenters. The van der Waals surface area contributed by atoms with Gasteiger partial charge in [0, 0.05) is 11.1 Å². The summed E-state index contributed by atoms with van der Waals surface area (Å²) in [5.74, 6) is 1.30. The van der Waals surface area contributed by atoms with E-state index in [1.807, 2.05) is 66.0 Å². The van der Waals surface area contributed by atoms with Crippen LogP contribution in [-0.2, 0) is 5.54 Å². The number of benzene rings is 3. The first-order valence-electron chi connectivity index (χ1n) is 9.90. The van der Waals surface area contributed by atoms with Crippen molar-refractivity contribution in [1.29, 1.82) is 0 Å². The molecule has 4 aromatic rings. The number of amidine groups is 1. The van der Waals surface area contributed by atoms with E-state index in [-0.39, 0.29) is 0 Å². The molecule has 0 saturated carbocycles. The van der Waals surface area contributed by atoms with Crippen molar-refractivity contribution in [3.05, 3.63) is 111 Å². The Morgan fingerprint density at radius 2 is 1.74 bits per heavy atom. The molecule has 4 nitrogen and oxygen atoms in total. The highest BCUT2D eigenvalue weighted by molar-refractivity contribution is 7.12. The Kier molecular flexibility index (Phi) is 4.68. The van der Waals surface area contributed by atoms with Crippen molar-refractivity contribution in [3.8, 4) is 16.9 Å². The molecule has 2 N–H and O–H groups in total. The lowest BCUT2D eigenvalue weighted by molar-refractivity contribution is 0.112. The van der Waals surface area contributed by atoms with Gasteiger partial charge in [-0.05, 0) is 51.9 Å².